The molecule has 0 unspecified atom stereocenters. The van der Waals surface area contributed by atoms with Crippen LogP contribution in [0.15, 0.2) is 46.3 Å². The summed E-state index contributed by atoms with van der Waals surface area (Å²) in [6.45, 7) is 6.44. The Bertz CT molecular complexity index is 723. The van der Waals surface area contributed by atoms with Crippen LogP contribution in [0.2, 0.25) is 0 Å². The number of nitrogens with one attached hydrogen (secondary N) is 1. The summed E-state index contributed by atoms with van der Waals surface area (Å²) < 4.78 is 1.78. The van der Waals surface area contributed by atoms with Crippen molar-refractivity contribution in [2.45, 2.75) is 24.8 Å². The van der Waals surface area contributed by atoms with Crippen LogP contribution in [0, 0.1) is 6.92 Å². The van der Waals surface area contributed by atoms with Gasteiger partial charge >= 0.3 is 0 Å². The molecule has 1 saturated heterocycles. The van der Waals surface area contributed by atoms with Crippen molar-refractivity contribution in [3.05, 3.63) is 52.6 Å². The fourth-order valence-corrected chi connectivity index (χ4v) is 3.84. The van der Waals surface area contributed by atoms with Gasteiger partial charge in [0.1, 0.15) is 0 Å². The molecule has 0 atom stereocenters. The molecule has 0 amide bonds. The molecule has 6 heteroatoms. The molecule has 1 aliphatic rings. The lowest BCUT2D eigenvalue weighted by Crippen LogP contribution is -2.35. The molecule has 1 fully saturated rings. The maximum atomic E-state index is 12.7. The molecule has 0 spiro atoms. The van der Waals surface area contributed by atoms with Crippen molar-refractivity contribution < 1.29 is 0 Å². The first kappa shape index (κ1) is 17.0. The van der Waals surface area contributed by atoms with Crippen LogP contribution in [0.1, 0.15) is 12.0 Å². The topological polar surface area (TPSA) is 50.2 Å². The summed E-state index contributed by atoms with van der Waals surface area (Å²) in [5.41, 5.74) is 1.30. The third-order valence-electron chi connectivity index (χ3n) is 4.22. The van der Waals surface area contributed by atoms with E-state index in [9.17, 15) is 4.79 Å². The molecular formula is C18H24N4OS. The molecular weight excluding hydrogens is 320 g/mol. The molecule has 0 radical (unpaired) electrons. The van der Waals surface area contributed by atoms with Gasteiger partial charge in [-0.2, -0.15) is 0 Å². The van der Waals surface area contributed by atoms with Crippen LogP contribution in [0.25, 0.3) is 0 Å². The normalized spacial score (nSPS) is 15.3. The second-order valence-corrected chi connectivity index (χ2v) is 7.09. The van der Waals surface area contributed by atoms with E-state index in [1.807, 2.05) is 0 Å². The van der Waals surface area contributed by atoms with Crippen molar-refractivity contribution in [2.24, 2.45) is 0 Å². The average molecular weight is 344 g/mol. The van der Waals surface area contributed by atoms with E-state index in [2.05, 4.69) is 46.4 Å². The maximum absolute atomic E-state index is 12.7. The molecule has 5 nitrogen and oxygen atoms in total. The van der Waals surface area contributed by atoms with E-state index < -0.39 is 0 Å². The Morgan fingerprint density at radius 2 is 2.12 bits per heavy atom. The Morgan fingerprint density at radius 3 is 3.00 bits per heavy atom. The summed E-state index contributed by atoms with van der Waals surface area (Å²) in [7, 11) is 0. The molecule has 2 heterocycles. The molecule has 1 aromatic carbocycles. The monoisotopic (exact) mass is 344 g/mol. The van der Waals surface area contributed by atoms with Crippen LogP contribution in [0.3, 0.4) is 0 Å². The minimum absolute atomic E-state index is 0.0183. The first-order valence-electron chi connectivity index (χ1n) is 8.45. The highest BCUT2D eigenvalue weighted by Gasteiger charge is 2.15. The molecule has 0 aliphatic carbocycles. The Kier molecular flexibility index (Phi) is 5.93. The van der Waals surface area contributed by atoms with Crippen LogP contribution < -0.4 is 15.8 Å². The lowest BCUT2D eigenvalue weighted by molar-refractivity contribution is 0.704. The van der Waals surface area contributed by atoms with E-state index >= 15 is 0 Å². The zero-order valence-corrected chi connectivity index (χ0v) is 14.9. The summed E-state index contributed by atoms with van der Waals surface area (Å²) >= 11 is 1.79. The van der Waals surface area contributed by atoms with Crippen molar-refractivity contribution in [3.8, 4) is 0 Å². The maximum Gasteiger partial charge on any atom is 0.293 e. The van der Waals surface area contributed by atoms with E-state index in [4.69, 9.17) is 0 Å². The van der Waals surface area contributed by atoms with Crippen molar-refractivity contribution >= 4 is 17.6 Å². The quantitative estimate of drug-likeness (QED) is 0.842. The highest BCUT2D eigenvalue weighted by atomic mass is 32.2. The van der Waals surface area contributed by atoms with E-state index in [1.165, 1.54) is 10.5 Å². The van der Waals surface area contributed by atoms with Gasteiger partial charge in [0, 0.05) is 49.2 Å². The number of hydrogen-bond donors (Lipinski definition) is 1. The smallest absolute Gasteiger partial charge is 0.293 e. The lowest BCUT2D eigenvalue weighted by Gasteiger charge is -2.20. The first-order valence-corrected chi connectivity index (χ1v) is 9.44. The Balaban J connectivity index is 1.67. The Hall–Kier alpha value is -1.79. The number of aromatic nitrogens is 2. The number of thioether (sulfide) groups is 1. The molecule has 3 rings (SSSR count). The summed E-state index contributed by atoms with van der Waals surface area (Å²) in [5, 5.41) is 3.36. The van der Waals surface area contributed by atoms with Gasteiger partial charge in [0.25, 0.3) is 5.56 Å². The van der Waals surface area contributed by atoms with Gasteiger partial charge in [0.05, 0.1) is 0 Å². The number of nitrogens with zero attached hydrogens (tertiary/aromatic N) is 3. The second kappa shape index (κ2) is 8.35. The van der Waals surface area contributed by atoms with E-state index in [-0.39, 0.29) is 5.56 Å². The van der Waals surface area contributed by atoms with Crippen LogP contribution in [-0.2, 0) is 6.54 Å². The highest BCUT2D eigenvalue weighted by molar-refractivity contribution is 7.99. The van der Waals surface area contributed by atoms with Gasteiger partial charge in [-0.15, -0.1) is 11.8 Å². The van der Waals surface area contributed by atoms with Gasteiger partial charge in [-0.25, -0.2) is 4.98 Å². The van der Waals surface area contributed by atoms with Gasteiger partial charge in [-0.05, 0) is 31.5 Å². The molecule has 1 aromatic heterocycles. The zero-order valence-electron chi connectivity index (χ0n) is 14.1. The van der Waals surface area contributed by atoms with Crippen molar-refractivity contribution in [2.75, 3.05) is 36.8 Å². The van der Waals surface area contributed by atoms with E-state index in [1.54, 1.807) is 28.7 Å². The summed E-state index contributed by atoms with van der Waals surface area (Å²) in [6.07, 6.45) is 4.58. The highest BCUT2D eigenvalue weighted by Crippen LogP contribution is 2.21. The number of benzene rings is 1. The van der Waals surface area contributed by atoms with Crippen LogP contribution >= 0.6 is 11.8 Å². The van der Waals surface area contributed by atoms with Crippen LogP contribution in [0.5, 0.6) is 0 Å². The molecule has 128 valence electrons. The molecule has 0 saturated carbocycles. The standard InChI is InChI=1S/C18H24N4OS/c1-15-5-2-3-6-16(15)24-14-13-22-12-9-20-17(18(22)23)21-10-4-7-19-8-11-21/h2-3,5-6,9,12,19H,4,7-8,10-11,13-14H2,1H3. The number of rotatable bonds is 5. The average Bonchev–Trinajstić information content (AvgIpc) is 2.87. The molecule has 2 aromatic rings. The summed E-state index contributed by atoms with van der Waals surface area (Å²) in [6, 6.07) is 8.35. The third kappa shape index (κ3) is 4.19. The fourth-order valence-electron chi connectivity index (χ4n) is 2.86. The van der Waals surface area contributed by atoms with Gasteiger partial charge in [0.15, 0.2) is 5.82 Å². The molecule has 1 aliphatic heterocycles. The zero-order chi connectivity index (χ0) is 16.8. The van der Waals surface area contributed by atoms with Crippen molar-refractivity contribution in [1.29, 1.82) is 0 Å². The van der Waals surface area contributed by atoms with Crippen molar-refractivity contribution in [3.63, 3.8) is 0 Å². The lowest BCUT2D eigenvalue weighted by atomic mass is 10.2. The SMILES string of the molecule is Cc1ccccc1SCCn1ccnc(N2CCCNCC2)c1=O. The molecule has 0 bridgehead atoms. The fraction of sp³-hybridized carbons (Fsp3) is 0.444. The predicted molar refractivity (Wildman–Crippen MR) is 100 cm³/mol. The first-order chi connectivity index (χ1) is 11.8. The second-order valence-electron chi connectivity index (χ2n) is 5.95. The number of anilines is 1. The minimum Gasteiger partial charge on any atom is -0.351 e. The van der Waals surface area contributed by atoms with Gasteiger partial charge < -0.3 is 14.8 Å². The van der Waals surface area contributed by atoms with E-state index in [0.717, 1.165) is 38.4 Å². The van der Waals surface area contributed by atoms with Gasteiger partial charge in [0.2, 0.25) is 0 Å². The van der Waals surface area contributed by atoms with Crippen LogP contribution in [-0.4, -0.2) is 41.5 Å². The molecule has 1 N–H and O–H groups in total. The van der Waals surface area contributed by atoms with Crippen molar-refractivity contribution in [1.82, 2.24) is 14.9 Å². The predicted octanol–water partition coefficient (Wildman–Crippen LogP) is 2.14. The van der Waals surface area contributed by atoms with Gasteiger partial charge in [-0.1, -0.05) is 18.2 Å². The Morgan fingerprint density at radius 1 is 1.25 bits per heavy atom. The number of hydrogen-bond acceptors (Lipinski definition) is 5. The molecule has 24 heavy (non-hydrogen) atoms. The largest absolute Gasteiger partial charge is 0.351 e. The minimum atomic E-state index is 0.0183. The van der Waals surface area contributed by atoms with Gasteiger partial charge in [-0.3, -0.25) is 4.79 Å². The summed E-state index contributed by atoms with van der Waals surface area (Å²) in [4.78, 5) is 20.4. The Labute approximate surface area is 147 Å². The third-order valence-corrected chi connectivity index (χ3v) is 5.37. The number of aryl methyl sites for hydroxylation is 2. The summed E-state index contributed by atoms with van der Waals surface area (Å²) in [5.74, 6) is 1.46. The van der Waals surface area contributed by atoms with E-state index in [0.29, 0.717) is 12.4 Å². The van der Waals surface area contributed by atoms with Crippen LogP contribution in [0.4, 0.5) is 5.82 Å².